The Morgan fingerprint density at radius 3 is 2.60 bits per heavy atom. The second kappa shape index (κ2) is 4.34. The number of carboxylic acids is 1. The fourth-order valence-electron chi connectivity index (χ4n) is 1.83. The van der Waals surface area contributed by atoms with Crippen LogP contribution in [0.25, 0.3) is 16.9 Å². The third-order valence-corrected chi connectivity index (χ3v) is 2.69. The van der Waals surface area contributed by atoms with Crippen LogP contribution < -0.4 is 0 Å². The number of carboxylic acid groups (broad SMARTS) is 1. The van der Waals surface area contributed by atoms with Gasteiger partial charge in [0.15, 0.2) is 5.65 Å². The van der Waals surface area contributed by atoms with Crippen molar-refractivity contribution in [1.29, 1.82) is 0 Å². The van der Waals surface area contributed by atoms with E-state index >= 15 is 0 Å². The van der Waals surface area contributed by atoms with E-state index in [9.17, 15) is 13.6 Å². The van der Waals surface area contributed by atoms with E-state index in [0.717, 1.165) is 16.8 Å². The highest BCUT2D eigenvalue weighted by atomic mass is 19.1. The zero-order chi connectivity index (χ0) is 14.3. The van der Waals surface area contributed by atoms with E-state index in [1.165, 1.54) is 6.20 Å². The monoisotopic (exact) mass is 276 g/mol. The van der Waals surface area contributed by atoms with Gasteiger partial charge in [0, 0.05) is 18.3 Å². The summed E-state index contributed by atoms with van der Waals surface area (Å²) in [5, 5.41) is 16.3. The molecule has 0 unspecified atom stereocenters. The minimum absolute atomic E-state index is 0.00574. The number of benzene rings is 1. The number of fused-ring (bicyclic) bond motifs is 1. The first kappa shape index (κ1) is 12.2. The van der Waals surface area contributed by atoms with Crippen LogP contribution in [-0.2, 0) is 0 Å². The van der Waals surface area contributed by atoms with E-state index in [2.05, 4.69) is 15.3 Å². The van der Waals surface area contributed by atoms with Crippen molar-refractivity contribution >= 4 is 17.1 Å². The smallest absolute Gasteiger partial charge is 0.341 e. The maximum absolute atomic E-state index is 13.7. The standard InChI is InChI=1S/C12H6F2N4O2/c13-7-4-6(5-8(14)10(7)12(19)20)18-11-9(16-17-18)2-1-3-15-11/h1-5H,(H,19,20). The zero-order valence-electron chi connectivity index (χ0n) is 9.79. The molecule has 3 aromatic rings. The van der Waals surface area contributed by atoms with Crippen molar-refractivity contribution in [3.05, 3.63) is 47.7 Å². The summed E-state index contributed by atoms with van der Waals surface area (Å²) in [5.74, 6) is -4.05. The summed E-state index contributed by atoms with van der Waals surface area (Å²) >= 11 is 0. The number of aromatic nitrogens is 4. The molecule has 0 spiro atoms. The van der Waals surface area contributed by atoms with Crippen LogP contribution >= 0.6 is 0 Å². The average molecular weight is 276 g/mol. The maximum atomic E-state index is 13.7. The van der Waals surface area contributed by atoms with E-state index in [1.54, 1.807) is 12.1 Å². The minimum atomic E-state index is -1.67. The Bertz CT molecular complexity index is 808. The molecule has 100 valence electrons. The molecule has 8 heteroatoms. The van der Waals surface area contributed by atoms with Gasteiger partial charge in [-0.25, -0.2) is 18.6 Å². The van der Waals surface area contributed by atoms with Gasteiger partial charge in [0.05, 0.1) is 5.69 Å². The van der Waals surface area contributed by atoms with E-state index in [1.807, 2.05) is 0 Å². The number of rotatable bonds is 2. The van der Waals surface area contributed by atoms with Crippen LogP contribution in [0, 0.1) is 11.6 Å². The minimum Gasteiger partial charge on any atom is -0.477 e. The van der Waals surface area contributed by atoms with Gasteiger partial charge in [0.25, 0.3) is 0 Å². The van der Waals surface area contributed by atoms with Crippen molar-refractivity contribution in [2.24, 2.45) is 0 Å². The highest BCUT2D eigenvalue weighted by molar-refractivity contribution is 5.88. The van der Waals surface area contributed by atoms with Crippen LogP contribution in [0.4, 0.5) is 8.78 Å². The molecular weight excluding hydrogens is 270 g/mol. The summed E-state index contributed by atoms with van der Waals surface area (Å²) in [6.07, 6.45) is 1.49. The largest absolute Gasteiger partial charge is 0.477 e. The molecule has 1 N–H and O–H groups in total. The molecule has 0 aliphatic carbocycles. The first-order valence-corrected chi connectivity index (χ1v) is 5.47. The topological polar surface area (TPSA) is 80.9 Å². The van der Waals surface area contributed by atoms with Gasteiger partial charge in [0.1, 0.15) is 22.7 Å². The van der Waals surface area contributed by atoms with E-state index < -0.39 is 23.2 Å². The van der Waals surface area contributed by atoms with Crippen molar-refractivity contribution in [2.45, 2.75) is 0 Å². The van der Waals surface area contributed by atoms with Crippen LogP contribution in [0.3, 0.4) is 0 Å². The molecule has 0 aliphatic heterocycles. The molecular formula is C12H6F2N4O2. The lowest BCUT2D eigenvalue weighted by Gasteiger charge is -2.05. The first-order valence-electron chi connectivity index (χ1n) is 5.47. The van der Waals surface area contributed by atoms with Crippen LogP contribution in [0.15, 0.2) is 30.5 Å². The molecule has 0 bridgehead atoms. The molecule has 3 rings (SSSR count). The summed E-state index contributed by atoms with van der Waals surface area (Å²) in [5.41, 5.74) is -0.234. The van der Waals surface area contributed by atoms with Gasteiger partial charge in [-0.2, -0.15) is 4.68 Å². The SMILES string of the molecule is O=C(O)c1c(F)cc(-n2nnc3cccnc32)cc1F. The molecule has 0 amide bonds. The fourth-order valence-corrected chi connectivity index (χ4v) is 1.83. The number of aromatic carboxylic acids is 1. The van der Waals surface area contributed by atoms with Gasteiger partial charge < -0.3 is 5.11 Å². The lowest BCUT2D eigenvalue weighted by molar-refractivity contribution is 0.0686. The van der Waals surface area contributed by atoms with Gasteiger partial charge in [-0.1, -0.05) is 5.21 Å². The Balaban J connectivity index is 2.23. The number of carbonyl (C=O) groups is 1. The highest BCUT2D eigenvalue weighted by Crippen LogP contribution is 2.20. The molecule has 0 radical (unpaired) electrons. The van der Waals surface area contributed by atoms with Crippen LogP contribution in [0.1, 0.15) is 10.4 Å². The fraction of sp³-hybridized carbons (Fsp3) is 0. The van der Waals surface area contributed by atoms with Crippen LogP contribution in [0.5, 0.6) is 0 Å². The Kier molecular flexibility index (Phi) is 2.63. The van der Waals surface area contributed by atoms with Gasteiger partial charge in [-0.05, 0) is 12.1 Å². The summed E-state index contributed by atoms with van der Waals surface area (Å²) < 4.78 is 28.4. The zero-order valence-corrected chi connectivity index (χ0v) is 9.79. The molecule has 1 aromatic carbocycles. The van der Waals surface area contributed by atoms with Crippen LogP contribution in [-0.4, -0.2) is 31.1 Å². The second-order valence-corrected chi connectivity index (χ2v) is 3.94. The van der Waals surface area contributed by atoms with E-state index in [4.69, 9.17) is 5.11 Å². The van der Waals surface area contributed by atoms with Crippen molar-refractivity contribution < 1.29 is 18.7 Å². The normalized spacial score (nSPS) is 10.9. The maximum Gasteiger partial charge on any atom is 0.341 e. The molecule has 0 atom stereocenters. The van der Waals surface area contributed by atoms with Crippen molar-refractivity contribution in [2.75, 3.05) is 0 Å². The van der Waals surface area contributed by atoms with Gasteiger partial charge in [0.2, 0.25) is 0 Å². The molecule has 6 nitrogen and oxygen atoms in total. The van der Waals surface area contributed by atoms with E-state index in [-0.39, 0.29) is 5.69 Å². The number of pyridine rings is 1. The molecule has 0 aliphatic rings. The third-order valence-electron chi connectivity index (χ3n) is 2.69. The van der Waals surface area contributed by atoms with Crippen molar-refractivity contribution in [1.82, 2.24) is 20.0 Å². The molecule has 2 heterocycles. The number of halogens is 2. The Labute approximate surface area is 110 Å². The predicted molar refractivity (Wildman–Crippen MR) is 63.5 cm³/mol. The lowest BCUT2D eigenvalue weighted by atomic mass is 10.2. The third kappa shape index (κ3) is 1.78. The summed E-state index contributed by atoms with van der Waals surface area (Å²) in [6.45, 7) is 0. The lowest BCUT2D eigenvalue weighted by Crippen LogP contribution is -2.07. The van der Waals surface area contributed by atoms with Gasteiger partial charge >= 0.3 is 5.97 Å². The van der Waals surface area contributed by atoms with Crippen molar-refractivity contribution in [3.8, 4) is 5.69 Å². The molecule has 0 fully saturated rings. The van der Waals surface area contributed by atoms with Crippen LogP contribution in [0.2, 0.25) is 0 Å². The number of hydrogen-bond donors (Lipinski definition) is 1. The van der Waals surface area contributed by atoms with E-state index in [0.29, 0.717) is 11.2 Å². The molecule has 2 aromatic heterocycles. The Morgan fingerprint density at radius 1 is 1.25 bits per heavy atom. The predicted octanol–water partition coefficient (Wildman–Crippen LogP) is 1.79. The summed E-state index contributed by atoms with van der Waals surface area (Å²) in [4.78, 5) is 14.7. The van der Waals surface area contributed by atoms with Gasteiger partial charge in [-0.3, -0.25) is 0 Å². The number of hydrogen-bond acceptors (Lipinski definition) is 4. The molecule has 0 saturated carbocycles. The number of nitrogens with zero attached hydrogens (tertiary/aromatic N) is 4. The average Bonchev–Trinajstić information content (AvgIpc) is 2.81. The quantitative estimate of drug-likeness (QED) is 0.771. The summed E-state index contributed by atoms with van der Waals surface area (Å²) in [7, 11) is 0. The first-order chi connectivity index (χ1) is 9.58. The Hall–Kier alpha value is -2.90. The summed E-state index contributed by atoms with van der Waals surface area (Å²) in [6, 6.07) is 5.03. The Morgan fingerprint density at radius 2 is 1.95 bits per heavy atom. The molecule has 20 heavy (non-hydrogen) atoms. The second-order valence-electron chi connectivity index (χ2n) is 3.94. The highest BCUT2D eigenvalue weighted by Gasteiger charge is 2.19. The molecule has 0 saturated heterocycles. The van der Waals surface area contributed by atoms with Gasteiger partial charge in [-0.15, -0.1) is 5.10 Å². The van der Waals surface area contributed by atoms with Crippen molar-refractivity contribution in [3.63, 3.8) is 0 Å².